The number of hydrogen-bond acceptors (Lipinski definition) is 4. The van der Waals surface area contributed by atoms with E-state index in [4.69, 9.17) is 14.7 Å². The molecule has 6 heterocycles. The molecule has 0 saturated heterocycles. The topological polar surface area (TPSA) is 99.5 Å². The number of H-pyrrole nitrogens is 3. The maximum Gasteiger partial charge on any atom is 0.355 e. The number of hydrogen-bond donors (Lipinski definition) is 3. The van der Waals surface area contributed by atoms with E-state index in [2.05, 4.69) is 95.5 Å². The zero-order chi connectivity index (χ0) is 35.3. The second kappa shape index (κ2) is 13.3. The van der Waals surface area contributed by atoms with Crippen molar-refractivity contribution < 1.29 is 9.53 Å². The summed E-state index contributed by atoms with van der Waals surface area (Å²) in [5.41, 5.74) is 22.9. The van der Waals surface area contributed by atoms with Gasteiger partial charge in [0.2, 0.25) is 0 Å². The van der Waals surface area contributed by atoms with Gasteiger partial charge in [-0.25, -0.2) is 14.8 Å². The number of allylic oxidation sites excluding steroid dienone is 4. The summed E-state index contributed by atoms with van der Waals surface area (Å²) < 4.78 is 5.41. The van der Waals surface area contributed by atoms with Gasteiger partial charge in [0.15, 0.2) is 0 Å². The number of nitrogens with one attached hydrogen (secondary N) is 3. The molecule has 0 atom stereocenters. The first-order valence-corrected chi connectivity index (χ1v) is 18.0. The van der Waals surface area contributed by atoms with Gasteiger partial charge in [-0.05, 0) is 148 Å². The lowest BCUT2D eigenvalue weighted by Crippen LogP contribution is -2.07. The molecule has 7 heteroatoms. The van der Waals surface area contributed by atoms with Gasteiger partial charge >= 0.3 is 5.97 Å². The fourth-order valence-corrected chi connectivity index (χ4v) is 7.91. The van der Waals surface area contributed by atoms with Gasteiger partial charge in [-0.3, -0.25) is 0 Å². The Balaban J connectivity index is 1.79. The highest BCUT2D eigenvalue weighted by molar-refractivity contribution is 5.97. The summed E-state index contributed by atoms with van der Waals surface area (Å²) in [5.74, 6) is -0.324. The third-order valence-corrected chi connectivity index (χ3v) is 10.9. The van der Waals surface area contributed by atoms with E-state index in [-0.39, 0.29) is 5.97 Å². The van der Waals surface area contributed by atoms with Crippen LogP contribution in [0.3, 0.4) is 0 Å². The molecule has 4 aromatic rings. The van der Waals surface area contributed by atoms with E-state index in [1.54, 1.807) is 0 Å². The predicted octanol–water partition coefficient (Wildman–Crippen LogP) is 10.5. The van der Waals surface area contributed by atoms with E-state index in [1.165, 1.54) is 44.5 Å². The molecule has 256 valence electrons. The summed E-state index contributed by atoms with van der Waals surface area (Å²) >= 11 is 0. The zero-order valence-corrected chi connectivity index (χ0v) is 31.2. The molecule has 0 unspecified atom stereocenters. The molecule has 6 rings (SSSR count). The summed E-state index contributed by atoms with van der Waals surface area (Å²) in [6.45, 7) is 23.9. The maximum absolute atomic E-state index is 12.9. The normalized spacial score (nSPS) is 13.2. The third kappa shape index (κ3) is 5.67. The number of aryl methyl sites for hydroxylation is 4. The molecule has 2 aliphatic rings. The molecule has 0 radical (unpaired) electrons. The molecule has 0 saturated carbocycles. The quantitative estimate of drug-likeness (QED) is 0.164. The molecule has 0 fully saturated rings. The van der Waals surface area contributed by atoms with Crippen molar-refractivity contribution in [1.29, 1.82) is 0 Å². The Morgan fingerprint density at radius 2 is 1.16 bits per heavy atom. The van der Waals surface area contributed by atoms with Crippen molar-refractivity contribution in [2.24, 2.45) is 0 Å². The van der Waals surface area contributed by atoms with Gasteiger partial charge in [-0.2, -0.15) is 0 Å². The number of fused-ring (bicyclic) bond motifs is 8. The minimum absolute atomic E-state index is 0.324. The van der Waals surface area contributed by atoms with Crippen LogP contribution in [-0.4, -0.2) is 37.5 Å². The van der Waals surface area contributed by atoms with Crippen molar-refractivity contribution in [3.05, 3.63) is 91.3 Å². The third-order valence-electron chi connectivity index (χ3n) is 10.9. The molecule has 49 heavy (non-hydrogen) atoms. The number of nitrogens with zero attached hydrogens (tertiary/aromatic N) is 2. The molecule has 8 bridgehead atoms. The van der Waals surface area contributed by atoms with Crippen LogP contribution in [-0.2, 0) is 24.0 Å². The number of aromatic amines is 3. The van der Waals surface area contributed by atoms with Crippen molar-refractivity contribution in [2.75, 3.05) is 6.61 Å². The Hall–Kier alpha value is -4.65. The number of carbonyl (C=O) groups excluding carboxylic acids is 1. The van der Waals surface area contributed by atoms with Gasteiger partial charge in [-0.1, -0.05) is 27.7 Å². The smallest absolute Gasteiger partial charge is 0.355 e. The Morgan fingerprint density at radius 3 is 1.76 bits per heavy atom. The lowest BCUT2D eigenvalue weighted by Gasteiger charge is -2.11. The van der Waals surface area contributed by atoms with Crippen LogP contribution in [0.1, 0.15) is 139 Å². The zero-order valence-electron chi connectivity index (χ0n) is 31.2. The van der Waals surface area contributed by atoms with E-state index in [9.17, 15) is 4.79 Å². The number of esters is 1. The van der Waals surface area contributed by atoms with Crippen LogP contribution in [0.25, 0.3) is 44.4 Å². The van der Waals surface area contributed by atoms with Gasteiger partial charge in [0.1, 0.15) is 5.69 Å². The molecule has 7 nitrogen and oxygen atoms in total. The highest BCUT2D eigenvalue weighted by atomic mass is 16.5. The monoisotopic (exact) mass is 657 g/mol. The molecular formula is C42H51N5O2. The average Bonchev–Trinajstić information content (AvgIpc) is 3.82. The minimum Gasteiger partial charge on any atom is -0.461 e. The Kier molecular flexibility index (Phi) is 9.31. The van der Waals surface area contributed by atoms with Crippen LogP contribution >= 0.6 is 0 Å². The lowest BCUT2D eigenvalue weighted by molar-refractivity contribution is 0.0519. The van der Waals surface area contributed by atoms with Crippen LogP contribution in [0.4, 0.5) is 0 Å². The van der Waals surface area contributed by atoms with E-state index in [0.717, 1.165) is 92.9 Å². The summed E-state index contributed by atoms with van der Waals surface area (Å²) in [7, 11) is 0. The van der Waals surface area contributed by atoms with Crippen molar-refractivity contribution >= 4 is 50.3 Å². The fourth-order valence-electron chi connectivity index (χ4n) is 7.91. The SMILES string of the molecule is CCOC(=O)c1[nH]c(Cc2c3nc(cc4[nH]c(cc5[nH]c(cc6nc2C(CC)=C6C)c(CC)c5C)c(CC)c4C)C(CC)=C3C)c(C)c1C. The van der Waals surface area contributed by atoms with Crippen LogP contribution in [0.2, 0.25) is 0 Å². The Morgan fingerprint density at radius 1 is 0.592 bits per heavy atom. The first-order valence-electron chi connectivity index (χ1n) is 18.0. The van der Waals surface area contributed by atoms with Crippen LogP contribution in [0, 0.1) is 27.7 Å². The number of carbonyl (C=O) groups is 1. The van der Waals surface area contributed by atoms with Crippen molar-refractivity contribution in [3.8, 4) is 0 Å². The highest BCUT2D eigenvalue weighted by Crippen LogP contribution is 2.41. The predicted molar refractivity (Wildman–Crippen MR) is 204 cm³/mol. The van der Waals surface area contributed by atoms with Gasteiger partial charge in [0.25, 0.3) is 0 Å². The first kappa shape index (κ1) is 34.2. The second-order valence-electron chi connectivity index (χ2n) is 13.5. The Labute approximate surface area is 290 Å². The number of rotatable bonds is 8. The molecule has 4 aromatic heterocycles. The molecule has 3 N–H and O–H groups in total. The Bertz CT molecular complexity index is 2230. The second-order valence-corrected chi connectivity index (χ2v) is 13.5. The van der Waals surface area contributed by atoms with Crippen LogP contribution in [0.15, 0.2) is 18.2 Å². The van der Waals surface area contributed by atoms with E-state index >= 15 is 0 Å². The maximum atomic E-state index is 12.9. The van der Waals surface area contributed by atoms with Crippen LogP contribution < -0.4 is 0 Å². The lowest BCUT2D eigenvalue weighted by atomic mass is 9.93. The largest absolute Gasteiger partial charge is 0.461 e. The van der Waals surface area contributed by atoms with Crippen LogP contribution in [0.5, 0.6) is 0 Å². The molecule has 0 aromatic carbocycles. The molecular weight excluding hydrogens is 606 g/mol. The van der Waals surface area contributed by atoms with E-state index in [0.29, 0.717) is 18.7 Å². The van der Waals surface area contributed by atoms with Crippen molar-refractivity contribution in [2.45, 2.75) is 108 Å². The molecule has 0 aliphatic carbocycles. The fraction of sp³-hybridized carbons (Fsp3) is 0.405. The van der Waals surface area contributed by atoms with Crippen molar-refractivity contribution in [1.82, 2.24) is 24.9 Å². The summed E-state index contributed by atoms with van der Waals surface area (Å²) in [6.07, 6.45) is 4.11. The highest BCUT2D eigenvalue weighted by Gasteiger charge is 2.27. The van der Waals surface area contributed by atoms with Gasteiger partial charge < -0.3 is 19.7 Å². The number of aromatic nitrogens is 5. The molecule has 0 spiro atoms. The van der Waals surface area contributed by atoms with Crippen molar-refractivity contribution in [3.63, 3.8) is 0 Å². The molecule has 0 amide bonds. The van der Waals surface area contributed by atoms with Gasteiger partial charge in [-0.15, -0.1) is 0 Å². The average molecular weight is 658 g/mol. The van der Waals surface area contributed by atoms with E-state index < -0.39 is 0 Å². The van der Waals surface area contributed by atoms with Gasteiger partial charge in [0.05, 0.1) is 29.4 Å². The van der Waals surface area contributed by atoms with E-state index in [1.807, 2.05) is 13.8 Å². The standard InChI is InChI=1S/C42H51N5O2/c1-12-27-24(9)34-19-38-29(14-3)26(11)39(47-38)31(17-32-21(6)22(7)40(45-32)42(48)49-16-5)41-30(15-4)25(10)35(46-41)20-37-28(13-2)23(8)33(43-37)18-36(27)44-34/h18-20,43-45H,12-17H2,1-11H3. The summed E-state index contributed by atoms with van der Waals surface area (Å²) in [5, 5.41) is 0. The summed E-state index contributed by atoms with van der Waals surface area (Å²) in [4.78, 5) is 34.9. The summed E-state index contributed by atoms with van der Waals surface area (Å²) in [6, 6.07) is 6.76. The molecule has 2 aliphatic heterocycles. The van der Waals surface area contributed by atoms with Gasteiger partial charge in [0, 0.05) is 39.7 Å². The first-order chi connectivity index (χ1) is 23.5. The minimum atomic E-state index is -0.324. The number of ether oxygens (including phenoxy) is 1.